The standard InChI is InChI=1S/C18H18N4O3/c1-12-8-19-21(9-12)11-14-7-15(20-25-14)18(23)22-10-13(2)24-17-6-4-3-5-16(17)22/h3-9,13H,10-11H2,1-2H3. The number of hydrogen-bond donors (Lipinski definition) is 0. The van der Waals surface area contributed by atoms with Crippen molar-refractivity contribution in [3.8, 4) is 5.75 Å². The zero-order valence-corrected chi connectivity index (χ0v) is 14.0. The van der Waals surface area contributed by atoms with Gasteiger partial charge in [-0.15, -0.1) is 0 Å². The molecule has 0 N–H and O–H groups in total. The predicted molar refractivity (Wildman–Crippen MR) is 90.8 cm³/mol. The van der Waals surface area contributed by atoms with Crippen LogP contribution in [0.4, 0.5) is 5.69 Å². The van der Waals surface area contributed by atoms with E-state index >= 15 is 0 Å². The highest BCUT2D eigenvalue weighted by Gasteiger charge is 2.29. The van der Waals surface area contributed by atoms with Gasteiger partial charge < -0.3 is 9.26 Å². The van der Waals surface area contributed by atoms with E-state index in [2.05, 4.69) is 10.3 Å². The molecule has 0 aliphatic carbocycles. The molecule has 0 saturated heterocycles. The lowest BCUT2D eigenvalue weighted by Crippen LogP contribution is -2.42. The van der Waals surface area contributed by atoms with E-state index in [4.69, 9.17) is 9.26 Å². The molecule has 7 nitrogen and oxygen atoms in total. The molecular formula is C18H18N4O3. The Bertz CT molecular complexity index is 914. The molecule has 0 saturated carbocycles. The van der Waals surface area contributed by atoms with Crippen LogP contribution in [0.3, 0.4) is 0 Å². The molecule has 3 heterocycles. The van der Waals surface area contributed by atoms with E-state index in [0.717, 1.165) is 11.3 Å². The molecule has 0 radical (unpaired) electrons. The molecule has 1 aliphatic heterocycles. The summed E-state index contributed by atoms with van der Waals surface area (Å²) < 4.78 is 12.8. The summed E-state index contributed by atoms with van der Waals surface area (Å²) in [6.45, 7) is 4.81. The van der Waals surface area contributed by atoms with Gasteiger partial charge in [-0.05, 0) is 31.5 Å². The first-order chi connectivity index (χ1) is 12.1. The number of anilines is 1. The molecule has 3 aromatic rings. The number of fused-ring (bicyclic) bond motifs is 1. The monoisotopic (exact) mass is 338 g/mol. The van der Waals surface area contributed by atoms with Crippen molar-refractivity contribution < 1.29 is 14.1 Å². The minimum absolute atomic E-state index is 0.0859. The molecule has 1 amide bonds. The van der Waals surface area contributed by atoms with Crippen molar-refractivity contribution in [2.45, 2.75) is 26.5 Å². The Morgan fingerprint density at radius 1 is 1.36 bits per heavy atom. The summed E-state index contributed by atoms with van der Waals surface area (Å²) >= 11 is 0. The SMILES string of the molecule is Cc1cnn(Cc2cc(C(=O)N3CC(C)Oc4ccccc43)no2)c1. The van der Waals surface area contributed by atoms with Crippen LogP contribution in [0.2, 0.25) is 0 Å². The average molecular weight is 338 g/mol. The van der Waals surface area contributed by atoms with E-state index < -0.39 is 0 Å². The van der Waals surface area contributed by atoms with Crippen LogP contribution in [-0.4, -0.2) is 33.5 Å². The lowest BCUT2D eigenvalue weighted by Gasteiger charge is -2.32. The van der Waals surface area contributed by atoms with Crippen molar-refractivity contribution in [3.63, 3.8) is 0 Å². The maximum absolute atomic E-state index is 12.9. The molecule has 25 heavy (non-hydrogen) atoms. The molecule has 0 bridgehead atoms. The lowest BCUT2D eigenvalue weighted by molar-refractivity contribution is 0.0952. The van der Waals surface area contributed by atoms with Crippen molar-refractivity contribution in [3.05, 3.63) is 59.7 Å². The van der Waals surface area contributed by atoms with E-state index in [9.17, 15) is 4.79 Å². The van der Waals surface area contributed by atoms with Gasteiger partial charge in [0.05, 0.1) is 18.4 Å². The number of ether oxygens (including phenoxy) is 1. The van der Waals surface area contributed by atoms with Crippen molar-refractivity contribution >= 4 is 11.6 Å². The van der Waals surface area contributed by atoms with Crippen molar-refractivity contribution in [1.82, 2.24) is 14.9 Å². The Morgan fingerprint density at radius 2 is 2.20 bits per heavy atom. The van der Waals surface area contributed by atoms with Crippen LogP contribution in [0, 0.1) is 6.92 Å². The van der Waals surface area contributed by atoms with Crippen LogP contribution in [0.15, 0.2) is 47.2 Å². The molecule has 1 aromatic carbocycles. The van der Waals surface area contributed by atoms with Gasteiger partial charge in [0.15, 0.2) is 11.5 Å². The fraction of sp³-hybridized carbons (Fsp3) is 0.278. The van der Waals surface area contributed by atoms with Crippen LogP contribution in [0.1, 0.15) is 28.7 Å². The number of nitrogens with zero attached hydrogens (tertiary/aromatic N) is 4. The van der Waals surface area contributed by atoms with E-state index in [1.54, 1.807) is 21.8 Å². The summed E-state index contributed by atoms with van der Waals surface area (Å²) in [5.41, 5.74) is 2.09. The van der Waals surface area contributed by atoms with Gasteiger partial charge in [-0.25, -0.2) is 0 Å². The van der Waals surface area contributed by atoms with Gasteiger partial charge in [0.25, 0.3) is 5.91 Å². The van der Waals surface area contributed by atoms with Gasteiger partial charge >= 0.3 is 0 Å². The molecule has 128 valence electrons. The average Bonchev–Trinajstić information content (AvgIpc) is 3.23. The zero-order chi connectivity index (χ0) is 17.4. The number of aryl methyl sites for hydroxylation is 1. The Hall–Kier alpha value is -3.09. The normalized spacial score (nSPS) is 16.4. The first-order valence-electron chi connectivity index (χ1n) is 8.12. The van der Waals surface area contributed by atoms with Crippen LogP contribution < -0.4 is 9.64 Å². The summed E-state index contributed by atoms with van der Waals surface area (Å²) in [5.74, 6) is 1.08. The molecule has 1 atom stereocenters. The number of hydrogen-bond acceptors (Lipinski definition) is 5. The smallest absolute Gasteiger partial charge is 0.280 e. The second kappa shape index (κ2) is 6.08. The van der Waals surface area contributed by atoms with Crippen LogP contribution >= 0.6 is 0 Å². The topological polar surface area (TPSA) is 73.4 Å². The molecular weight excluding hydrogens is 320 g/mol. The van der Waals surface area contributed by atoms with Crippen LogP contribution in [-0.2, 0) is 6.54 Å². The molecule has 4 rings (SSSR count). The minimum Gasteiger partial charge on any atom is -0.487 e. The minimum atomic E-state index is -0.200. The Kier molecular flexibility index (Phi) is 3.76. The fourth-order valence-electron chi connectivity index (χ4n) is 2.92. The maximum atomic E-state index is 12.9. The third-order valence-electron chi connectivity index (χ3n) is 4.03. The molecule has 1 aliphatic rings. The van der Waals surface area contributed by atoms with E-state index in [1.807, 2.05) is 44.3 Å². The largest absolute Gasteiger partial charge is 0.487 e. The summed E-state index contributed by atoms with van der Waals surface area (Å²) in [4.78, 5) is 14.6. The number of benzene rings is 1. The molecule has 0 fully saturated rings. The first-order valence-corrected chi connectivity index (χ1v) is 8.12. The molecule has 1 unspecified atom stereocenters. The number of para-hydroxylation sites is 2. The van der Waals surface area contributed by atoms with Gasteiger partial charge in [0.1, 0.15) is 18.4 Å². The third kappa shape index (κ3) is 3.00. The van der Waals surface area contributed by atoms with Gasteiger partial charge in [0.2, 0.25) is 0 Å². The number of carbonyl (C=O) groups is 1. The molecule has 7 heteroatoms. The Balaban J connectivity index is 1.57. The summed E-state index contributed by atoms with van der Waals surface area (Å²) in [7, 11) is 0. The summed E-state index contributed by atoms with van der Waals surface area (Å²) in [6, 6.07) is 9.17. The van der Waals surface area contributed by atoms with Crippen molar-refractivity contribution in [1.29, 1.82) is 0 Å². The predicted octanol–water partition coefficient (Wildman–Crippen LogP) is 2.66. The van der Waals surface area contributed by atoms with Gasteiger partial charge in [-0.1, -0.05) is 17.3 Å². The fourth-order valence-corrected chi connectivity index (χ4v) is 2.92. The van der Waals surface area contributed by atoms with E-state index in [1.165, 1.54) is 0 Å². The second-order valence-electron chi connectivity index (χ2n) is 6.21. The first kappa shape index (κ1) is 15.4. The van der Waals surface area contributed by atoms with Gasteiger partial charge in [-0.2, -0.15) is 5.10 Å². The number of aromatic nitrogens is 3. The van der Waals surface area contributed by atoms with E-state index in [-0.39, 0.29) is 17.7 Å². The third-order valence-corrected chi connectivity index (χ3v) is 4.03. The Labute approximate surface area is 144 Å². The Morgan fingerprint density at radius 3 is 3.00 bits per heavy atom. The van der Waals surface area contributed by atoms with Gasteiger partial charge in [0, 0.05) is 12.3 Å². The van der Waals surface area contributed by atoms with Gasteiger partial charge in [-0.3, -0.25) is 14.4 Å². The van der Waals surface area contributed by atoms with Crippen molar-refractivity contribution in [2.75, 3.05) is 11.4 Å². The van der Waals surface area contributed by atoms with Crippen molar-refractivity contribution in [2.24, 2.45) is 0 Å². The van der Waals surface area contributed by atoms with Crippen LogP contribution in [0.25, 0.3) is 0 Å². The quantitative estimate of drug-likeness (QED) is 0.734. The highest BCUT2D eigenvalue weighted by Crippen LogP contribution is 2.33. The van der Waals surface area contributed by atoms with E-state index in [0.29, 0.717) is 24.6 Å². The second-order valence-corrected chi connectivity index (χ2v) is 6.21. The highest BCUT2D eigenvalue weighted by molar-refractivity contribution is 6.05. The number of amides is 1. The lowest BCUT2D eigenvalue weighted by atomic mass is 10.2. The maximum Gasteiger partial charge on any atom is 0.280 e. The summed E-state index contributed by atoms with van der Waals surface area (Å²) in [6.07, 6.45) is 3.59. The summed E-state index contributed by atoms with van der Waals surface area (Å²) in [5, 5.41) is 8.16. The number of carbonyl (C=O) groups excluding carboxylic acids is 1. The number of rotatable bonds is 3. The molecule has 0 spiro atoms. The highest BCUT2D eigenvalue weighted by atomic mass is 16.5. The zero-order valence-electron chi connectivity index (χ0n) is 14.0. The molecule has 2 aromatic heterocycles. The van der Waals surface area contributed by atoms with Crippen LogP contribution in [0.5, 0.6) is 5.75 Å².